The van der Waals surface area contributed by atoms with Crippen molar-refractivity contribution in [2.24, 2.45) is 7.05 Å². The van der Waals surface area contributed by atoms with Crippen LogP contribution in [0.25, 0.3) is 33.2 Å². The molecule has 0 amide bonds. The van der Waals surface area contributed by atoms with Crippen molar-refractivity contribution in [3.05, 3.63) is 60.2 Å². The summed E-state index contributed by atoms with van der Waals surface area (Å²) >= 11 is 1.60. The highest BCUT2D eigenvalue weighted by atomic mass is 32.2. The van der Waals surface area contributed by atoms with Crippen LogP contribution in [0.1, 0.15) is 5.56 Å². The second kappa shape index (κ2) is 5.70. The number of pyridine rings is 1. The summed E-state index contributed by atoms with van der Waals surface area (Å²) < 4.78 is 2.14. The molecule has 3 nitrogen and oxygen atoms in total. The summed E-state index contributed by atoms with van der Waals surface area (Å²) in [6.45, 7) is 0. The average Bonchev–Trinajstić information content (AvgIpc) is 2.93. The Morgan fingerprint density at radius 1 is 1.04 bits per heavy atom. The quantitative estimate of drug-likeness (QED) is 0.487. The number of fused-ring (bicyclic) bond motifs is 3. The Hall–Kier alpha value is -2.77. The van der Waals surface area contributed by atoms with E-state index in [1.54, 1.807) is 11.8 Å². The van der Waals surface area contributed by atoms with Gasteiger partial charge < -0.3 is 4.57 Å². The van der Waals surface area contributed by atoms with Crippen LogP contribution in [0.2, 0.25) is 0 Å². The average molecular weight is 329 g/mol. The van der Waals surface area contributed by atoms with Crippen LogP contribution in [0, 0.1) is 11.3 Å². The molecule has 0 saturated heterocycles. The number of benzene rings is 2. The van der Waals surface area contributed by atoms with Crippen LogP contribution in [0.15, 0.2) is 59.5 Å². The van der Waals surface area contributed by atoms with E-state index in [1.807, 2.05) is 55.8 Å². The van der Waals surface area contributed by atoms with Gasteiger partial charge >= 0.3 is 0 Å². The minimum Gasteiger partial charge on any atom is -0.341 e. The van der Waals surface area contributed by atoms with Crippen molar-refractivity contribution in [1.82, 2.24) is 9.55 Å². The number of aryl methyl sites for hydroxylation is 1. The maximum absolute atomic E-state index is 9.80. The monoisotopic (exact) mass is 329 g/mol. The Morgan fingerprint density at radius 3 is 2.46 bits per heavy atom. The molecule has 0 fully saturated rings. The van der Waals surface area contributed by atoms with Crippen molar-refractivity contribution in [2.75, 3.05) is 6.26 Å². The molecule has 0 saturated carbocycles. The highest BCUT2D eigenvalue weighted by Crippen LogP contribution is 2.38. The van der Waals surface area contributed by atoms with Gasteiger partial charge in [0.25, 0.3) is 0 Å². The lowest BCUT2D eigenvalue weighted by Crippen LogP contribution is -1.97. The first-order valence-electron chi connectivity index (χ1n) is 7.67. The third-order valence-corrected chi connectivity index (χ3v) is 5.15. The molecule has 4 aromatic rings. The zero-order valence-electron chi connectivity index (χ0n) is 13.4. The molecule has 4 rings (SSSR count). The summed E-state index contributed by atoms with van der Waals surface area (Å²) in [4.78, 5) is 5.90. The predicted molar refractivity (Wildman–Crippen MR) is 100 cm³/mol. The van der Waals surface area contributed by atoms with Gasteiger partial charge in [0, 0.05) is 18.0 Å². The van der Waals surface area contributed by atoms with E-state index in [1.165, 1.54) is 0 Å². The van der Waals surface area contributed by atoms with E-state index in [4.69, 9.17) is 4.98 Å². The molecule has 4 heteroatoms. The zero-order valence-corrected chi connectivity index (χ0v) is 14.3. The molecule has 0 aliphatic rings. The SMILES string of the molecule is CSc1c(C#N)c(-c2ccccc2)nc2c3ccccc3n(C)c12. The Morgan fingerprint density at radius 2 is 1.75 bits per heavy atom. The van der Waals surface area contributed by atoms with E-state index < -0.39 is 0 Å². The van der Waals surface area contributed by atoms with Crippen LogP contribution in [0.4, 0.5) is 0 Å². The molecule has 2 aromatic heterocycles. The van der Waals surface area contributed by atoms with Crippen LogP contribution < -0.4 is 0 Å². The first kappa shape index (κ1) is 14.8. The highest BCUT2D eigenvalue weighted by Gasteiger charge is 2.20. The number of nitriles is 1. The topological polar surface area (TPSA) is 41.6 Å². The molecule has 2 heterocycles. The molecule has 0 N–H and O–H groups in total. The van der Waals surface area contributed by atoms with Gasteiger partial charge in [-0.15, -0.1) is 11.8 Å². The Bertz CT molecular complexity index is 1100. The molecule has 0 aliphatic carbocycles. The summed E-state index contributed by atoms with van der Waals surface area (Å²) in [5.74, 6) is 0. The molecule has 0 bridgehead atoms. The summed E-state index contributed by atoms with van der Waals surface area (Å²) in [5, 5.41) is 10.9. The van der Waals surface area contributed by atoms with Crippen molar-refractivity contribution in [3.8, 4) is 17.3 Å². The second-order valence-corrected chi connectivity index (χ2v) is 6.44. The van der Waals surface area contributed by atoms with Crippen molar-refractivity contribution >= 4 is 33.7 Å². The van der Waals surface area contributed by atoms with Gasteiger partial charge in [-0.25, -0.2) is 4.98 Å². The number of hydrogen-bond donors (Lipinski definition) is 0. The number of nitrogens with zero attached hydrogens (tertiary/aromatic N) is 3. The molecule has 0 radical (unpaired) electrons. The number of hydrogen-bond acceptors (Lipinski definition) is 3. The van der Waals surface area contributed by atoms with Crippen LogP contribution in [0.3, 0.4) is 0 Å². The van der Waals surface area contributed by atoms with E-state index in [0.717, 1.165) is 38.1 Å². The van der Waals surface area contributed by atoms with Gasteiger partial charge in [-0.05, 0) is 12.3 Å². The van der Waals surface area contributed by atoms with E-state index in [2.05, 4.69) is 22.8 Å². The van der Waals surface area contributed by atoms with Gasteiger partial charge in [-0.2, -0.15) is 5.26 Å². The summed E-state index contributed by atoms with van der Waals surface area (Å²) in [6.07, 6.45) is 2.02. The Labute approximate surface area is 144 Å². The van der Waals surface area contributed by atoms with E-state index >= 15 is 0 Å². The smallest absolute Gasteiger partial charge is 0.103 e. The number of rotatable bonds is 2. The van der Waals surface area contributed by atoms with Crippen LogP contribution in [-0.2, 0) is 7.05 Å². The molecule has 116 valence electrons. The lowest BCUT2D eigenvalue weighted by atomic mass is 10.1. The summed E-state index contributed by atoms with van der Waals surface area (Å²) in [5.41, 5.74) is 5.48. The van der Waals surface area contributed by atoms with Gasteiger partial charge in [-0.1, -0.05) is 48.5 Å². The van der Waals surface area contributed by atoms with Crippen LogP contribution in [0.5, 0.6) is 0 Å². The maximum Gasteiger partial charge on any atom is 0.103 e. The fraction of sp³-hybridized carbons (Fsp3) is 0.100. The first-order valence-corrected chi connectivity index (χ1v) is 8.89. The van der Waals surface area contributed by atoms with Gasteiger partial charge in [0.2, 0.25) is 0 Å². The van der Waals surface area contributed by atoms with Crippen molar-refractivity contribution in [2.45, 2.75) is 4.90 Å². The standard InChI is InChI=1S/C20H15N3S/c1-23-16-11-7-6-10-14(16)18-19(23)20(24-2)15(12-21)17(22-18)13-8-4-3-5-9-13/h3-11H,1-2H3. The lowest BCUT2D eigenvalue weighted by molar-refractivity contribution is 0.997. The molecular weight excluding hydrogens is 314 g/mol. The molecule has 0 spiro atoms. The van der Waals surface area contributed by atoms with Crippen molar-refractivity contribution in [1.29, 1.82) is 5.26 Å². The molecule has 0 aliphatic heterocycles. The van der Waals surface area contributed by atoms with Crippen molar-refractivity contribution in [3.63, 3.8) is 0 Å². The highest BCUT2D eigenvalue weighted by molar-refractivity contribution is 7.98. The molecule has 0 atom stereocenters. The van der Waals surface area contributed by atoms with E-state index in [-0.39, 0.29) is 0 Å². The normalized spacial score (nSPS) is 11.0. The number of aromatic nitrogens is 2. The fourth-order valence-electron chi connectivity index (χ4n) is 3.25. The lowest BCUT2D eigenvalue weighted by Gasteiger charge is -2.10. The summed E-state index contributed by atoms with van der Waals surface area (Å²) in [7, 11) is 2.04. The largest absolute Gasteiger partial charge is 0.341 e. The Balaban J connectivity index is 2.23. The first-order chi connectivity index (χ1) is 11.8. The molecule has 0 unspecified atom stereocenters. The van der Waals surface area contributed by atoms with E-state index in [0.29, 0.717) is 5.56 Å². The minimum atomic E-state index is 0.645. The van der Waals surface area contributed by atoms with Crippen molar-refractivity contribution < 1.29 is 0 Å². The zero-order chi connectivity index (χ0) is 16.7. The maximum atomic E-state index is 9.80. The number of thioether (sulfide) groups is 1. The van der Waals surface area contributed by atoms with Crippen LogP contribution in [-0.4, -0.2) is 15.8 Å². The fourth-order valence-corrected chi connectivity index (χ4v) is 4.02. The van der Waals surface area contributed by atoms with E-state index in [9.17, 15) is 5.26 Å². The van der Waals surface area contributed by atoms with Gasteiger partial charge in [0.05, 0.1) is 32.7 Å². The third-order valence-electron chi connectivity index (χ3n) is 4.35. The van der Waals surface area contributed by atoms with Gasteiger partial charge in [-0.3, -0.25) is 0 Å². The van der Waals surface area contributed by atoms with Crippen LogP contribution >= 0.6 is 11.8 Å². The predicted octanol–water partition coefficient (Wildman–Crippen LogP) is 4.99. The molecule has 2 aromatic carbocycles. The second-order valence-electron chi connectivity index (χ2n) is 5.62. The van der Waals surface area contributed by atoms with Gasteiger partial charge in [0.1, 0.15) is 6.07 Å². The third kappa shape index (κ3) is 2.02. The molecule has 24 heavy (non-hydrogen) atoms. The summed E-state index contributed by atoms with van der Waals surface area (Å²) in [6, 6.07) is 20.6. The molecular formula is C20H15N3S. The minimum absolute atomic E-state index is 0.645. The van der Waals surface area contributed by atoms with Gasteiger partial charge in [0.15, 0.2) is 0 Å². The Kier molecular flexibility index (Phi) is 3.51. The number of para-hydroxylation sites is 1.